The lowest BCUT2D eigenvalue weighted by atomic mass is 9.95. The van der Waals surface area contributed by atoms with Crippen molar-refractivity contribution in [3.05, 3.63) is 24.3 Å². The van der Waals surface area contributed by atoms with Crippen LogP contribution in [-0.2, 0) is 4.79 Å². The van der Waals surface area contributed by atoms with Crippen LogP contribution in [0.5, 0.6) is 11.5 Å². The van der Waals surface area contributed by atoms with Gasteiger partial charge >= 0.3 is 0 Å². The highest BCUT2D eigenvalue weighted by Crippen LogP contribution is 2.44. The fourth-order valence-electron chi connectivity index (χ4n) is 3.55. The van der Waals surface area contributed by atoms with Crippen molar-refractivity contribution in [3.8, 4) is 11.5 Å². The van der Waals surface area contributed by atoms with E-state index in [1.165, 1.54) is 19.3 Å². The van der Waals surface area contributed by atoms with Crippen molar-refractivity contribution >= 4 is 5.91 Å². The lowest BCUT2D eigenvalue weighted by molar-refractivity contribution is -0.124. The van der Waals surface area contributed by atoms with Gasteiger partial charge in [-0.2, -0.15) is 0 Å². The second kappa shape index (κ2) is 5.73. The van der Waals surface area contributed by atoms with E-state index >= 15 is 0 Å². The van der Waals surface area contributed by atoms with Gasteiger partial charge in [0.25, 0.3) is 5.91 Å². The summed E-state index contributed by atoms with van der Waals surface area (Å²) >= 11 is 0. The number of carbonyl (C=O) groups excluding carboxylic acids is 1. The molecule has 2 saturated carbocycles. The maximum Gasteiger partial charge on any atom is 0.258 e. The number of carbonyl (C=O) groups is 1. The maximum atomic E-state index is 12.0. The SMILES string of the molecule is COc1ccccc1OCC(=O)NC1CC2CCC1C2. The first-order valence-corrected chi connectivity index (χ1v) is 7.31. The van der Waals surface area contributed by atoms with Crippen molar-refractivity contribution in [2.45, 2.75) is 31.7 Å². The molecule has 0 saturated heterocycles. The summed E-state index contributed by atoms with van der Waals surface area (Å²) in [6.45, 7) is 0.0499. The molecule has 20 heavy (non-hydrogen) atoms. The van der Waals surface area contributed by atoms with E-state index < -0.39 is 0 Å². The van der Waals surface area contributed by atoms with Crippen LogP contribution in [0, 0.1) is 11.8 Å². The minimum atomic E-state index is -0.0338. The van der Waals surface area contributed by atoms with Gasteiger partial charge in [-0.3, -0.25) is 4.79 Å². The Hall–Kier alpha value is -1.71. The average Bonchev–Trinajstić information content (AvgIpc) is 3.08. The molecule has 3 unspecified atom stereocenters. The van der Waals surface area contributed by atoms with Crippen molar-refractivity contribution < 1.29 is 14.3 Å². The fourth-order valence-corrected chi connectivity index (χ4v) is 3.55. The molecule has 1 N–H and O–H groups in total. The Morgan fingerprint density at radius 3 is 2.70 bits per heavy atom. The van der Waals surface area contributed by atoms with Crippen molar-refractivity contribution in [1.29, 1.82) is 0 Å². The zero-order valence-electron chi connectivity index (χ0n) is 11.8. The first-order chi connectivity index (χ1) is 9.76. The monoisotopic (exact) mass is 275 g/mol. The third-order valence-corrected chi connectivity index (χ3v) is 4.51. The predicted octanol–water partition coefficient (Wildman–Crippen LogP) is 2.38. The highest BCUT2D eigenvalue weighted by molar-refractivity contribution is 5.78. The van der Waals surface area contributed by atoms with Crippen LogP contribution in [0.3, 0.4) is 0 Å². The van der Waals surface area contributed by atoms with Crippen LogP contribution in [-0.4, -0.2) is 25.7 Å². The molecule has 2 bridgehead atoms. The van der Waals surface area contributed by atoms with Crippen LogP contribution in [0.2, 0.25) is 0 Å². The molecule has 2 fully saturated rings. The molecule has 108 valence electrons. The van der Waals surface area contributed by atoms with E-state index in [1.54, 1.807) is 7.11 Å². The average molecular weight is 275 g/mol. The van der Waals surface area contributed by atoms with Crippen molar-refractivity contribution in [1.82, 2.24) is 5.32 Å². The summed E-state index contributed by atoms with van der Waals surface area (Å²) in [5.74, 6) is 2.75. The molecule has 0 spiro atoms. The van der Waals surface area contributed by atoms with E-state index in [0.717, 1.165) is 12.3 Å². The van der Waals surface area contributed by atoms with E-state index in [9.17, 15) is 4.79 Å². The number of benzene rings is 1. The molecule has 2 aliphatic carbocycles. The molecular weight excluding hydrogens is 254 g/mol. The largest absolute Gasteiger partial charge is 0.493 e. The number of fused-ring (bicyclic) bond motifs is 2. The van der Waals surface area contributed by atoms with E-state index in [4.69, 9.17) is 9.47 Å². The summed E-state index contributed by atoms with van der Waals surface area (Å²) in [7, 11) is 1.59. The summed E-state index contributed by atoms with van der Waals surface area (Å²) in [5, 5.41) is 3.11. The number of para-hydroxylation sites is 2. The van der Waals surface area contributed by atoms with Gasteiger partial charge in [-0.25, -0.2) is 0 Å². The summed E-state index contributed by atoms with van der Waals surface area (Å²) in [5.41, 5.74) is 0. The van der Waals surface area contributed by atoms with Crippen molar-refractivity contribution in [2.75, 3.05) is 13.7 Å². The highest BCUT2D eigenvalue weighted by atomic mass is 16.5. The second-order valence-corrected chi connectivity index (χ2v) is 5.79. The Bertz CT molecular complexity index is 488. The number of hydrogen-bond acceptors (Lipinski definition) is 3. The molecule has 0 aliphatic heterocycles. The van der Waals surface area contributed by atoms with E-state index in [0.29, 0.717) is 23.5 Å². The Morgan fingerprint density at radius 2 is 2.05 bits per heavy atom. The lowest BCUT2D eigenvalue weighted by Gasteiger charge is -2.22. The molecule has 4 nitrogen and oxygen atoms in total. The zero-order chi connectivity index (χ0) is 13.9. The van der Waals surface area contributed by atoms with Gasteiger partial charge in [-0.15, -0.1) is 0 Å². The number of hydrogen-bond donors (Lipinski definition) is 1. The molecule has 0 aromatic heterocycles. The normalized spacial score (nSPS) is 27.4. The predicted molar refractivity (Wildman–Crippen MR) is 75.9 cm³/mol. The molecule has 1 aromatic carbocycles. The third kappa shape index (κ3) is 2.74. The molecule has 3 rings (SSSR count). The van der Waals surface area contributed by atoms with Crippen molar-refractivity contribution in [3.63, 3.8) is 0 Å². The van der Waals surface area contributed by atoms with Crippen LogP contribution in [0.15, 0.2) is 24.3 Å². The van der Waals surface area contributed by atoms with Gasteiger partial charge in [0.05, 0.1) is 7.11 Å². The summed E-state index contributed by atoms with van der Waals surface area (Å²) in [6.07, 6.45) is 5.04. The van der Waals surface area contributed by atoms with Gasteiger partial charge in [0.2, 0.25) is 0 Å². The maximum absolute atomic E-state index is 12.0. The van der Waals surface area contributed by atoms with E-state index in [1.807, 2.05) is 24.3 Å². The van der Waals surface area contributed by atoms with Gasteiger partial charge in [0.1, 0.15) is 0 Å². The van der Waals surface area contributed by atoms with Crippen LogP contribution < -0.4 is 14.8 Å². The van der Waals surface area contributed by atoms with Crippen LogP contribution in [0.1, 0.15) is 25.7 Å². The Kier molecular flexibility index (Phi) is 3.81. The van der Waals surface area contributed by atoms with Gasteiger partial charge in [0.15, 0.2) is 18.1 Å². The standard InChI is InChI=1S/C16H21NO3/c1-19-14-4-2-3-5-15(14)20-10-16(18)17-13-9-11-6-7-12(13)8-11/h2-5,11-13H,6-10H2,1H3,(H,17,18). The summed E-state index contributed by atoms with van der Waals surface area (Å²) in [6, 6.07) is 7.74. The smallest absolute Gasteiger partial charge is 0.258 e. The van der Waals surface area contributed by atoms with Crippen molar-refractivity contribution in [2.24, 2.45) is 11.8 Å². The lowest BCUT2D eigenvalue weighted by Crippen LogP contribution is -2.40. The Balaban J connectivity index is 1.50. The third-order valence-electron chi connectivity index (χ3n) is 4.51. The van der Waals surface area contributed by atoms with E-state index in [2.05, 4.69) is 5.32 Å². The number of rotatable bonds is 5. The zero-order valence-corrected chi connectivity index (χ0v) is 11.8. The second-order valence-electron chi connectivity index (χ2n) is 5.79. The van der Waals surface area contributed by atoms with Crippen LogP contribution >= 0.6 is 0 Å². The molecule has 1 aromatic rings. The molecule has 0 heterocycles. The van der Waals surface area contributed by atoms with Crippen LogP contribution in [0.4, 0.5) is 0 Å². The van der Waals surface area contributed by atoms with Gasteiger partial charge in [-0.05, 0) is 43.2 Å². The Morgan fingerprint density at radius 1 is 1.25 bits per heavy atom. The number of ether oxygens (including phenoxy) is 2. The van der Waals surface area contributed by atoms with Gasteiger partial charge in [0, 0.05) is 6.04 Å². The Labute approximate surface area is 119 Å². The molecule has 0 radical (unpaired) electrons. The number of amides is 1. The first kappa shape index (κ1) is 13.3. The number of nitrogens with one attached hydrogen (secondary N) is 1. The topological polar surface area (TPSA) is 47.6 Å². The fraction of sp³-hybridized carbons (Fsp3) is 0.562. The van der Waals surface area contributed by atoms with Gasteiger partial charge < -0.3 is 14.8 Å². The molecular formula is C16H21NO3. The molecule has 1 amide bonds. The molecule has 3 atom stereocenters. The van der Waals surface area contributed by atoms with Gasteiger partial charge in [-0.1, -0.05) is 18.6 Å². The first-order valence-electron chi connectivity index (χ1n) is 7.31. The summed E-state index contributed by atoms with van der Waals surface area (Å²) < 4.78 is 10.7. The summed E-state index contributed by atoms with van der Waals surface area (Å²) in [4.78, 5) is 12.0. The number of methoxy groups -OCH3 is 1. The quantitative estimate of drug-likeness (QED) is 0.897. The molecule has 4 heteroatoms. The molecule has 2 aliphatic rings. The van der Waals surface area contributed by atoms with Crippen LogP contribution in [0.25, 0.3) is 0 Å². The minimum absolute atomic E-state index is 0.0338. The van der Waals surface area contributed by atoms with E-state index in [-0.39, 0.29) is 12.5 Å². The highest BCUT2D eigenvalue weighted by Gasteiger charge is 2.40. The minimum Gasteiger partial charge on any atom is -0.493 e.